The normalized spacial score (nSPS) is 11.4. The summed E-state index contributed by atoms with van der Waals surface area (Å²) in [6.07, 6.45) is -5.00. The molecule has 1 heterocycles. The summed E-state index contributed by atoms with van der Waals surface area (Å²) < 4.78 is 37.1. The van der Waals surface area contributed by atoms with Crippen LogP contribution in [0.4, 0.5) is 13.2 Å². The average Bonchev–Trinajstić information content (AvgIpc) is 2.51. The first-order chi connectivity index (χ1) is 8.14. The monoisotopic (exact) mass is 265 g/mol. The summed E-state index contributed by atoms with van der Waals surface area (Å²) in [5.41, 5.74) is 0.0370. The van der Waals surface area contributed by atoms with Gasteiger partial charge in [-0.1, -0.05) is 0 Å². The number of aryl methyl sites for hydroxylation is 1. The molecular weight excluding hydrogens is 255 g/mol. The van der Waals surface area contributed by atoms with Gasteiger partial charge >= 0.3 is 18.1 Å². The zero-order chi connectivity index (χ0) is 14.1. The van der Waals surface area contributed by atoms with E-state index in [0.717, 1.165) is 0 Å². The molecule has 6 nitrogen and oxygen atoms in total. The molecule has 0 unspecified atom stereocenters. The van der Waals surface area contributed by atoms with E-state index >= 15 is 0 Å². The topological polar surface area (TPSA) is 84.2 Å². The molecule has 1 aromatic heterocycles. The van der Waals surface area contributed by atoms with Crippen molar-refractivity contribution >= 4 is 11.9 Å². The van der Waals surface area contributed by atoms with Crippen molar-refractivity contribution in [1.82, 2.24) is 15.1 Å². The molecule has 0 aromatic carbocycles. The number of nitrogens with one attached hydrogen (secondary N) is 1. The Morgan fingerprint density at radius 1 is 1.44 bits per heavy atom. The maximum atomic E-state index is 12.0. The zero-order valence-corrected chi connectivity index (χ0v) is 9.50. The van der Waals surface area contributed by atoms with Crippen molar-refractivity contribution in [2.45, 2.75) is 19.6 Å². The number of rotatable bonds is 3. The Morgan fingerprint density at radius 2 is 2.00 bits per heavy atom. The van der Waals surface area contributed by atoms with Crippen molar-refractivity contribution in [3.05, 3.63) is 17.0 Å². The average molecular weight is 265 g/mol. The van der Waals surface area contributed by atoms with Crippen molar-refractivity contribution in [3.8, 4) is 0 Å². The van der Waals surface area contributed by atoms with E-state index in [0.29, 0.717) is 5.69 Å². The number of hydrogen-bond acceptors (Lipinski definition) is 3. The summed E-state index contributed by atoms with van der Waals surface area (Å²) in [4.78, 5) is 21.4. The number of carboxylic acid groups (broad SMARTS) is 1. The Bertz CT molecular complexity index is 493. The molecule has 1 amide bonds. The Balaban J connectivity index is 2.92. The highest BCUT2D eigenvalue weighted by atomic mass is 19.4. The van der Waals surface area contributed by atoms with Gasteiger partial charge in [0.15, 0.2) is 5.69 Å². The largest absolute Gasteiger partial charge is 0.476 e. The van der Waals surface area contributed by atoms with Crippen molar-refractivity contribution in [2.24, 2.45) is 7.05 Å². The van der Waals surface area contributed by atoms with E-state index in [9.17, 15) is 22.8 Å². The van der Waals surface area contributed by atoms with Crippen LogP contribution in [0.5, 0.6) is 0 Å². The van der Waals surface area contributed by atoms with Crippen LogP contribution in [0.3, 0.4) is 0 Å². The van der Waals surface area contributed by atoms with Crippen LogP contribution < -0.4 is 5.32 Å². The standard InChI is InChI=1S/C9H10F3N3O3/c1-4-5(3-13-8(18)9(10,11)12)6(7(16)17)14-15(4)2/h3H2,1-2H3,(H,13,18)(H,16,17). The molecule has 2 N–H and O–H groups in total. The van der Waals surface area contributed by atoms with Crippen molar-refractivity contribution in [1.29, 1.82) is 0 Å². The van der Waals surface area contributed by atoms with E-state index in [1.165, 1.54) is 18.7 Å². The second-order valence-electron chi connectivity index (χ2n) is 3.52. The predicted octanol–water partition coefficient (Wildman–Crippen LogP) is 0.605. The molecule has 0 saturated carbocycles. The Hall–Kier alpha value is -2.06. The number of halogens is 3. The van der Waals surface area contributed by atoms with Gasteiger partial charge in [-0.25, -0.2) is 4.79 Å². The fourth-order valence-electron chi connectivity index (χ4n) is 1.30. The second kappa shape index (κ2) is 4.67. The van der Waals surface area contributed by atoms with Crippen LogP contribution in [0.15, 0.2) is 0 Å². The van der Waals surface area contributed by atoms with Gasteiger partial charge in [-0.05, 0) is 6.92 Å². The third-order valence-electron chi connectivity index (χ3n) is 2.34. The maximum absolute atomic E-state index is 12.0. The summed E-state index contributed by atoms with van der Waals surface area (Å²) in [6, 6.07) is 0. The third-order valence-corrected chi connectivity index (χ3v) is 2.34. The van der Waals surface area contributed by atoms with Gasteiger partial charge in [-0.15, -0.1) is 0 Å². The van der Waals surface area contributed by atoms with Crippen LogP contribution >= 0.6 is 0 Å². The summed E-state index contributed by atoms with van der Waals surface area (Å²) in [6.45, 7) is 0.953. The maximum Gasteiger partial charge on any atom is 0.471 e. The molecule has 9 heteroatoms. The highest BCUT2D eigenvalue weighted by Gasteiger charge is 2.38. The lowest BCUT2D eigenvalue weighted by Crippen LogP contribution is -2.36. The van der Waals surface area contributed by atoms with Gasteiger partial charge < -0.3 is 10.4 Å². The quantitative estimate of drug-likeness (QED) is 0.838. The minimum absolute atomic E-state index is 0.0441. The number of amides is 1. The number of carbonyl (C=O) groups is 2. The highest BCUT2D eigenvalue weighted by molar-refractivity contribution is 5.88. The number of aromatic nitrogens is 2. The SMILES string of the molecule is Cc1c(CNC(=O)C(F)(F)F)c(C(=O)O)nn1C. The molecule has 1 aromatic rings. The lowest BCUT2D eigenvalue weighted by molar-refractivity contribution is -0.173. The van der Waals surface area contributed by atoms with E-state index in [-0.39, 0.29) is 11.3 Å². The Labute approximate surface area is 99.4 Å². The number of carboxylic acids is 1. The van der Waals surface area contributed by atoms with Crippen molar-refractivity contribution in [3.63, 3.8) is 0 Å². The van der Waals surface area contributed by atoms with E-state index in [2.05, 4.69) is 5.10 Å². The molecule has 0 saturated heterocycles. The first-order valence-electron chi connectivity index (χ1n) is 4.75. The smallest absolute Gasteiger partial charge is 0.471 e. The number of aromatic carboxylic acids is 1. The number of nitrogens with zero attached hydrogens (tertiary/aromatic N) is 2. The molecule has 0 aliphatic rings. The first-order valence-corrected chi connectivity index (χ1v) is 4.75. The molecule has 0 fully saturated rings. The lowest BCUT2D eigenvalue weighted by atomic mass is 10.2. The molecule has 0 spiro atoms. The van der Waals surface area contributed by atoms with Gasteiger partial charge in [0.2, 0.25) is 0 Å². The first kappa shape index (κ1) is 14.0. The molecule has 0 aliphatic carbocycles. The van der Waals surface area contributed by atoms with Gasteiger partial charge in [-0.2, -0.15) is 18.3 Å². The number of alkyl halides is 3. The van der Waals surface area contributed by atoms with Crippen LogP contribution in [0.25, 0.3) is 0 Å². The van der Waals surface area contributed by atoms with Gasteiger partial charge in [0.25, 0.3) is 0 Å². The molecule has 1 rings (SSSR count). The van der Waals surface area contributed by atoms with Crippen molar-refractivity contribution in [2.75, 3.05) is 0 Å². The molecule has 18 heavy (non-hydrogen) atoms. The molecule has 0 bridgehead atoms. The summed E-state index contributed by atoms with van der Waals surface area (Å²) in [7, 11) is 1.46. The summed E-state index contributed by atoms with van der Waals surface area (Å²) in [5, 5.41) is 14.1. The van der Waals surface area contributed by atoms with E-state index in [4.69, 9.17) is 5.11 Å². The highest BCUT2D eigenvalue weighted by Crippen LogP contribution is 2.16. The van der Waals surface area contributed by atoms with Crippen LogP contribution in [0.2, 0.25) is 0 Å². The zero-order valence-electron chi connectivity index (χ0n) is 9.50. The number of hydrogen-bond donors (Lipinski definition) is 2. The summed E-state index contributed by atoms with van der Waals surface area (Å²) >= 11 is 0. The minimum Gasteiger partial charge on any atom is -0.476 e. The van der Waals surface area contributed by atoms with Crippen LogP contribution in [-0.4, -0.2) is 32.9 Å². The molecule has 0 radical (unpaired) electrons. The van der Waals surface area contributed by atoms with Gasteiger partial charge in [0.05, 0.1) is 0 Å². The van der Waals surface area contributed by atoms with Crippen LogP contribution in [-0.2, 0) is 18.4 Å². The Morgan fingerprint density at radius 3 is 2.44 bits per heavy atom. The fourth-order valence-corrected chi connectivity index (χ4v) is 1.30. The molecular formula is C9H10F3N3O3. The van der Waals surface area contributed by atoms with E-state index in [1.54, 1.807) is 5.32 Å². The minimum atomic E-state index is -5.00. The van der Waals surface area contributed by atoms with Gasteiger partial charge in [0, 0.05) is 24.8 Å². The number of carbonyl (C=O) groups excluding carboxylic acids is 1. The van der Waals surface area contributed by atoms with Crippen LogP contribution in [0, 0.1) is 6.92 Å². The Kier molecular flexibility index (Phi) is 3.63. The van der Waals surface area contributed by atoms with Gasteiger partial charge in [-0.3, -0.25) is 9.48 Å². The van der Waals surface area contributed by atoms with E-state index in [1.807, 2.05) is 0 Å². The molecule has 0 atom stereocenters. The fraction of sp³-hybridized carbons (Fsp3) is 0.444. The summed E-state index contributed by atoms with van der Waals surface area (Å²) in [5.74, 6) is -3.49. The molecule has 0 aliphatic heterocycles. The van der Waals surface area contributed by atoms with Crippen LogP contribution in [0.1, 0.15) is 21.7 Å². The molecule has 100 valence electrons. The second-order valence-corrected chi connectivity index (χ2v) is 3.52. The predicted molar refractivity (Wildman–Crippen MR) is 52.8 cm³/mol. The lowest BCUT2D eigenvalue weighted by Gasteiger charge is -2.08. The van der Waals surface area contributed by atoms with Gasteiger partial charge in [0.1, 0.15) is 0 Å². The van der Waals surface area contributed by atoms with E-state index < -0.39 is 24.6 Å². The van der Waals surface area contributed by atoms with Crippen molar-refractivity contribution < 1.29 is 27.9 Å². The third kappa shape index (κ3) is 2.79.